The molecule has 1 heterocycles. The number of urea groups is 1. The van der Waals surface area contributed by atoms with Gasteiger partial charge in [-0.1, -0.05) is 6.07 Å². The molecule has 0 aliphatic rings. The molecule has 0 aliphatic carbocycles. The number of ether oxygens (including phenoxy) is 1. The molecule has 1 rings (SSSR count). The number of aromatic nitrogens is 1. The van der Waals surface area contributed by atoms with E-state index in [9.17, 15) is 9.59 Å². The van der Waals surface area contributed by atoms with E-state index < -0.39 is 18.1 Å². The minimum Gasteiger partial charge on any atom is -0.479 e. The predicted octanol–water partition coefficient (Wildman–Crippen LogP) is 0.541. The fourth-order valence-corrected chi connectivity index (χ4v) is 1.41. The molecule has 0 fully saturated rings. The normalized spacial score (nSPS) is 13.4. The van der Waals surface area contributed by atoms with E-state index >= 15 is 0 Å². The van der Waals surface area contributed by atoms with Gasteiger partial charge in [0.2, 0.25) is 0 Å². The minimum absolute atomic E-state index is 0.105. The van der Waals surface area contributed by atoms with Gasteiger partial charge in [-0.3, -0.25) is 4.98 Å². The van der Waals surface area contributed by atoms with Crippen LogP contribution in [-0.4, -0.2) is 41.8 Å². The molecule has 19 heavy (non-hydrogen) atoms. The maximum atomic E-state index is 11.6. The van der Waals surface area contributed by atoms with E-state index in [-0.39, 0.29) is 12.6 Å². The Hall–Kier alpha value is -2.15. The van der Waals surface area contributed by atoms with E-state index in [1.807, 2.05) is 6.07 Å². The molecule has 0 aliphatic heterocycles. The van der Waals surface area contributed by atoms with E-state index in [0.29, 0.717) is 0 Å². The van der Waals surface area contributed by atoms with Gasteiger partial charge in [0, 0.05) is 13.3 Å². The number of carbonyl (C=O) groups is 2. The fourth-order valence-electron chi connectivity index (χ4n) is 1.41. The quantitative estimate of drug-likeness (QED) is 0.698. The highest BCUT2D eigenvalue weighted by molar-refractivity contribution is 5.77. The molecule has 1 aromatic rings. The number of aliphatic carboxylic acids is 1. The topological polar surface area (TPSA) is 101 Å². The third kappa shape index (κ3) is 4.92. The number of rotatable bonds is 6. The van der Waals surface area contributed by atoms with Crippen molar-refractivity contribution in [3.63, 3.8) is 0 Å². The van der Waals surface area contributed by atoms with Crippen LogP contribution >= 0.6 is 0 Å². The van der Waals surface area contributed by atoms with Crippen molar-refractivity contribution in [2.24, 2.45) is 0 Å². The van der Waals surface area contributed by atoms with Crippen molar-refractivity contribution in [1.82, 2.24) is 15.6 Å². The van der Waals surface area contributed by atoms with Crippen LogP contribution in [0, 0.1) is 0 Å². The molecule has 0 spiro atoms. The average molecular weight is 267 g/mol. The van der Waals surface area contributed by atoms with Gasteiger partial charge in [0.1, 0.15) is 0 Å². The lowest BCUT2D eigenvalue weighted by Crippen LogP contribution is -2.43. The first kappa shape index (κ1) is 14.9. The van der Waals surface area contributed by atoms with Crippen LogP contribution in [0.1, 0.15) is 18.7 Å². The Morgan fingerprint density at radius 2 is 2.21 bits per heavy atom. The number of amides is 2. The third-order valence-corrected chi connectivity index (χ3v) is 2.49. The third-order valence-electron chi connectivity index (χ3n) is 2.49. The van der Waals surface area contributed by atoms with Gasteiger partial charge in [-0.2, -0.15) is 0 Å². The highest BCUT2D eigenvalue weighted by Gasteiger charge is 2.18. The van der Waals surface area contributed by atoms with Crippen molar-refractivity contribution in [2.45, 2.75) is 19.1 Å². The van der Waals surface area contributed by atoms with Crippen molar-refractivity contribution in [3.05, 3.63) is 30.1 Å². The molecule has 0 bridgehead atoms. The van der Waals surface area contributed by atoms with Crippen molar-refractivity contribution >= 4 is 12.0 Å². The molecule has 0 saturated carbocycles. The zero-order chi connectivity index (χ0) is 14.3. The van der Waals surface area contributed by atoms with Gasteiger partial charge in [-0.05, 0) is 19.1 Å². The first-order valence-corrected chi connectivity index (χ1v) is 5.75. The Bertz CT molecular complexity index is 424. The van der Waals surface area contributed by atoms with Crippen LogP contribution in [0.4, 0.5) is 4.79 Å². The maximum Gasteiger partial charge on any atom is 0.334 e. The largest absolute Gasteiger partial charge is 0.479 e. The Balaban J connectivity index is 2.41. The van der Waals surface area contributed by atoms with Crippen LogP contribution in [0.15, 0.2) is 24.4 Å². The van der Waals surface area contributed by atoms with E-state index in [1.54, 1.807) is 25.3 Å². The molecule has 0 aromatic carbocycles. The zero-order valence-corrected chi connectivity index (χ0v) is 10.8. The number of hydrogen-bond acceptors (Lipinski definition) is 4. The molecular weight excluding hydrogens is 250 g/mol. The lowest BCUT2D eigenvalue weighted by molar-refractivity contribution is -0.147. The van der Waals surface area contributed by atoms with Gasteiger partial charge in [0.15, 0.2) is 6.10 Å². The van der Waals surface area contributed by atoms with Crippen molar-refractivity contribution < 1.29 is 19.4 Å². The minimum atomic E-state index is -1.12. The van der Waals surface area contributed by atoms with Gasteiger partial charge in [0.05, 0.1) is 18.3 Å². The number of nitrogens with zero attached hydrogens (tertiary/aromatic N) is 1. The summed E-state index contributed by atoms with van der Waals surface area (Å²) in [5.41, 5.74) is 0.721. The molecule has 3 N–H and O–H groups in total. The molecule has 0 saturated heterocycles. The standard InChI is InChI=1S/C12H17N3O4/c1-8(9-5-3-4-6-13-9)15-12(18)14-7-10(19-2)11(16)17/h3-6,8,10H,7H2,1-2H3,(H,16,17)(H2,14,15,18). The van der Waals surface area contributed by atoms with Crippen molar-refractivity contribution in [3.8, 4) is 0 Å². The first-order chi connectivity index (χ1) is 9.04. The number of hydrogen-bond donors (Lipinski definition) is 3. The van der Waals surface area contributed by atoms with E-state index in [0.717, 1.165) is 5.69 Å². The monoisotopic (exact) mass is 267 g/mol. The summed E-state index contributed by atoms with van der Waals surface area (Å²) in [6.07, 6.45) is 0.576. The summed E-state index contributed by atoms with van der Waals surface area (Å²) in [5.74, 6) is -1.12. The average Bonchev–Trinajstić information content (AvgIpc) is 2.40. The Kier molecular flexibility index (Phi) is 5.74. The molecule has 0 radical (unpaired) electrons. The lowest BCUT2D eigenvalue weighted by Gasteiger charge is -2.16. The summed E-state index contributed by atoms with van der Waals surface area (Å²) >= 11 is 0. The molecule has 2 amide bonds. The first-order valence-electron chi connectivity index (χ1n) is 5.75. The van der Waals surface area contributed by atoms with Gasteiger partial charge in [-0.25, -0.2) is 9.59 Å². The zero-order valence-electron chi connectivity index (χ0n) is 10.8. The van der Waals surface area contributed by atoms with Crippen LogP contribution in [0.5, 0.6) is 0 Å². The maximum absolute atomic E-state index is 11.6. The fraction of sp³-hybridized carbons (Fsp3) is 0.417. The van der Waals surface area contributed by atoms with Crippen LogP contribution in [0.2, 0.25) is 0 Å². The predicted molar refractivity (Wildman–Crippen MR) is 67.6 cm³/mol. The molecule has 2 unspecified atom stereocenters. The second-order valence-corrected chi connectivity index (χ2v) is 3.89. The summed E-state index contributed by atoms with van der Waals surface area (Å²) < 4.78 is 4.70. The van der Waals surface area contributed by atoms with E-state index in [1.165, 1.54) is 7.11 Å². The number of nitrogens with one attached hydrogen (secondary N) is 2. The van der Waals surface area contributed by atoms with Crippen LogP contribution in [0.25, 0.3) is 0 Å². The number of methoxy groups -OCH3 is 1. The summed E-state index contributed by atoms with van der Waals surface area (Å²) in [7, 11) is 1.27. The SMILES string of the molecule is COC(CNC(=O)NC(C)c1ccccn1)C(=O)O. The molecule has 104 valence electrons. The summed E-state index contributed by atoms with van der Waals surface area (Å²) in [6, 6.07) is 4.66. The van der Waals surface area contributed by atoms with E-state index in [4.69, 9.17) is 9.84 Å². The molecule has 1 aromatic heterocycles. The second-order valence-electron chi connectivity index (χ2n) is 3.89. The Morgan fingerprint density at radius 1 is 1.47 bits per heavy atom. The number of carboxylic acids is 1. The van der Waals surface area contributed by atoms with Gasteiger partial charge >= 0.3 is 12.0 Å². The van der Waals surface area contributed by atoms with Crippen LogP contribution in [0.3, 0.4) is 0 Å². The Morgan fingerprint density at radius 3 is 2.74 bits per heavy atom. The number of carboxylic acid groups (broad SMARTS) is 1. The van der Waals surface area contributed by atoms with E-state index in [2.05, 4.69) is 15.6 Å². The summed E-state index contributed by atoms with van der Waals surface area (Å²) in [4.78, 5) is 26.4. The van der Waals surface area contributed by atoms with Crippen molar-refractivity contribution in [1.29, 1.82) is 0 Å². The smallest absolute Gasteiger partial charge is 0.334 e. The van der Waals surface area contributed by atoms with Gasteiger partial charge in [0.25, 0.3) is 0 Å². The molecule has 7 nitrogen and oxygen atoms in total. The van der Waals surface area contributed by atoms with Gasteiger partial charge < -0.3 is 20.5 Å². The molecule has 7 heteroatoms. The summed E-state index contributed by atoms with van der Waals surface area (Å²) in [6.45, 7) is 1.68. The number of carbonyl (C=O) groups excluding carboxylic acids is 1. The van der Waals surface area contributed by atoms with Gasteiger partial charge in [-0.15, -0.1) is 0 Å². The molecule has 2 atom stereocenters. The second kappa shape index (κ2) is 7.32. The highest BCUT2D eigenvalue weighted by Crippen LogP contribution is 2.07. The van der Waals surface area contributed by atoms with Crippen molar-refractivity contribution in [2.75, 3.05) is 13.7 Å². The molecular formula is C12H17N3O4. The lowest BCUT2D eigenvalue weighted by atomic mass is 10.2. The van der Waals surface area contributed by atoms with Crippen LogP contribution in [-0.2, 0) is 9.53 Å². The van der Waals surface area contributed by atoms with Crippen LogP contribution < -0.4 is 10.6 Å². The summed E-state index contributed by atoms with van der Waals surface area (Å²) in [5, 5.41) is 13.8. The highest BCUT2D eigenvalue weighted by atomic mass is 16.5. The Labute approximate surface area is 111 Å². The number of pyridine rings is 1.